The first kappa shape index (κ1) is 20.2. The van der Waals surface area contributed by atoms with Crippen LogP contribution >= 0.6 is 0 Å². The highest BCUT2D eigenvalue weighted by molar-refractivity contribution is 5.87. The van der Waals surface area contributed by atoms with Gasteiger partial charge in [-0.25, -0.2) is 9.37 Å². The molecule has 2 aliphatic rings. The highest BCUT2D eigenvalue weighted by Gasteiger charge is 2.39. The molecule has 0 saturated carbocycles. The van der Waals surface area contributed by atoms with Crippen molar-refractivity contribution < 1.29 is 19.1 Å². The van der Waals surface area contributed by atoms with Crippen molar-refractivity contribution in [3.63, 3.8) is 0 Å². The molecule has 2 fully saturated rings. The van der Waals surface area contributed by atoms with Crippen molar-refractivity contribution in [2.24, 2.45) is 0 Å². The molecule has 1 aromatic rings. The summed E-state index contributed by atoms with van der Waals surface area (Å²) in [4.78, 5) is 37.9. The number of rotatable bonds is 5. The van der Waals surface area contributed by atoms with Crippen molar-refractivity contribution in [3.05, 3.63) is 12.3 Å². The summed E-state index contributed by atoms with van der Waals surface area (Å²) >= 11 is 0. The normalized spacial score (nSPS) is 27.2. The summed E-state index contributed by atoms with van der Waals surface area (Å²) < 4.78 is 14.1. The lowest BCUT2D eigenvalue weighted by Crippen LogP contribution is -2.48. The Kier molecular flexibility index (Phi) is 5.97. The molecule has 0 aliphatic carbocycles. The fraction of sp³-hybridized carbons (Fsp3) is 0.667. The Morgan fingerprint density at radius 2 is 2.11 bits per heavy atom. The number of carbonyl (C=O) groups excluding carboxylic acids is 2. The third-order valence-electron chi connectivity index (χ3n) is 5.18. The predicted molar refractivity (Wildman–Crippen MR) is 102 cm³/mol. The van der Waals surface area contributed by atoms with Crippen molar-refractivity contribution in [2.75, 3.05) is 43.5 Å². The third-order valence-corrected chi connectivity index (χ3v) is 5.18. The number of anilines is 2. The van der Waals surface area contributed by atoms with E-state index in [-0.39, 0.29) is 50.3 Å². The number of amides is 2. The van der Waals surface area contributed by atoms with Gasteiger partial charge < -0.3 is 25.1 Å². The Bertz CT molecular complexity index is 733. The fourth-order valence-electron chi connectivity index (χ4n) is 3.79. The highest BCUT2D eigenvalue weighted by atomic mass is 19.1. The van der Waals surface area contributed by atoms with Gasteiger partial charge in [0.15, 0.2) is 0 Å². The molecule has 10 heteroatoms. The van der Waals surface area contributed by atoms with Gasteiger partial charge in [-0.1, -0.05) is 0 Å². The SMILES string of the molecule is CC(=O)N1C[C@H](O)C[C@@H]1C(=O)NC[C@@H]1C[C@H](F)CN1c1ccnc(N(C)C)n1. The number of alkyl halides is 1. The van der Waals surface area contributed by atoms with Crippen LogP contribution in [0.2, 0.25) is 0 Å². The average Bonchev–Trinajstić information content (AvgIpc) is 3.22. The molecule has 0 unspecified atom stereocenters. The van der Waals surface area contributed by atoms with Gasteiger partial charge in [-0.15, -0.1) is 0 Å². The smallest absolute Gasteiger partial charge is 0.242 e. The van der Waals surface area contributed by atoms with Gasteiger partial charge in [0.2, 0.25) is 17.8 Å². The summed E-state index contributed by atoms with van der Waals surface area (Å²) in [5.74, 6) is 0.560. The number of nitrogens with zero attached hydrogens (tertiary/aromatic N) is 5. The molecule has 0 radical (unpaired) electrons. The second-order valence-corrected chi connectivity index (χ2v) is 7.57. The molecule has 2 aliphatic heterocycles. The van der Waals surface area contributed by atoms with E-state index in [4.69, 9.17) is 0 Å². The lowest BCUT2D eigenvalue weighted by molar-refractivity contribution is -0.136. The molecule has 4 atom stereocenters. The van der Waals surface area contributed by atoms with E-state index in [2.05, 4.69) is 15.3 Å². The standard InChI is InChI=1S/C18H27FN6O3/c1-11(26)24-10-14(27)7-15(24)17(28)21-8-13-6-12(19)9-25(13)16-4-5-20-18(22-16)23(2)3/h4-5,12-15,27H,6-10H2,1-3H3,(H,21,28)/t12-,13-,14+,15+/m0/s1. The van der Waals surface area contributed by atoms with E-state index >= 15 is 0 Å². The molecule has 1 aromatic heterocycles. The van der Waals surface area contributed by atoms with Crippen molar-refractivity contribution in [1.29, 1.82) is 0 Å². The van der Waals surface area contributed by atoms with Gasteiger partial charge in [-0.2, -0.15) is 4.98 Å². The highest BCUT2D eigenvalue weighted by Crippen LogP contribution is 2.26. The molecule has 0 bridgehead atoms. The first-order chi connectivity index (χ1) is 13.3. The van der Waals surface area contributed by atoms with E-state index in [1.165, 1.54) is 11.8 Å². The van der Waals surface area contributed by atoms with E-state index in [0.29, 0.717) is 11.8 Å². The monoisotopic (exact) mass is 394 g/mol. The molecule has 154 valence electrons. The van der Waals surface area contributed by atoms with Crippen LogP contribution in [-0.4, -0.2) is 89.9 Å². The van der Waals surface area contributed by atoms with E-state index in [1.807, 2.05) is 19.0 Å². The van der Waals surface area contributed by atoms with Crippen LogP contribution in [0, 0.1) is 0 Å². The van der Waals surface area contributed by atoms with Crippen molar-refractivity contribution >= 4 is 23.6 Å². The summed E-state index contributed by atoms with van der Waals surface area (Å²) in [5, 5.41) is 12.6. The quantitative estimate of drug-likeness (QED) is 0.698. The van der Waals surface area contributed by atoms with Gasteiger partial charge in [0, 0.05) is 53.1 Å². The van der Waals surface area contributed by atoms with Crippen LogP contribution in [0.15, 0.2) is 12.3 Å². The number of halogens is 1. The molecule has 0 aromatic carbocycles. The maximum Gasteiger partial charge on any atom is 0.242 e. The molecule has 3 heterocycles. The van der Waals surface area contributed by atoms with Crippen molar-refractivity contribution in [2.45, 2.75) is 44.1 Å². The number of aromatic nitrogens is 2. The van der Waals surface area contributed by atoms with Crippen LogP contribution in [-0.2, 0) is 9.59 Å². The zero-order valence-electron chi connectivity index (χ0n) is 16.4. The number of nitrogens with one attached hydrogen (secondary N) is 1. The van der Waals surface area contributed by atoms with Gasteiger partial charge in [-0.05, 0) is 6.07 Å². The molecule has 28 heavy (non-hydrogen) atoms. The number of carbonyl (C=O) groups is 2. The van der Waals surface area contributed by atoms with E-state index in [9.17, 15) is 19.1 Å². The van der Waals surface area contributed by atoms with Gasteiger partial charge in [0.1, 0.15) is 18.0 Å². The second-order valence-electron chi connectivity index (χ2n) is 7.57. The molecule has 0 spiro atoms. The molecule has 2 N–H and O–H groups in total. The minimum absolute atomic E-state index is 0.157. The maximum absolute atomic E-state index is 14.1. The fourth-order valence-corrected chi connectivity index (χ4v) is 3.79. The zero-order valence-corrected chi connectivity index (χ0v) is 16.4. The Morgan fingerprint density at radius 3 is 2.79 bits per heavy atom. The summed E-state index contributed by atoms with van der Waals surface area (Å²) in [6.07, 6.45) is 0.406. The molecule has 2 amide bonds. The number of aliphatic hydroxyl groups excluding tert-OH is 1. The number of likely N-dealkylation sites (tertiary alicyclic amines) is 1. The van der Waals surface area contributed by atoms with Gasteiger partial charge in [-0.3, -0.25) is 9.59 Å². The van der Waals surface area contributed by atoms with Crippen LogP contribution in [0.5, 0.6) is 0 Å². The van der Waals surface area contributed by atoms with Crippen LogP contribution in [0.1, 0.15) is 19.8 Å². The number of hydrogen-bond donors (Lipinski definition) is 2. The molecular formula is C18H27FN6O3. The summed E-state index contributed by atoms with van der Waals surface area (Å²) in [7, 11) is 3.66. The van der Waals surface area contributed by atoms with Crippen LogP contribution < -0.4 is 15.1 Å². The predicted octanol–water partition coefficient (Wildman–Crippen LogP) is -0.443. The topological polar surface area (TPSA) is 102 Å². The van der Waals surface area contributed by atoms with Crippen molar-refractivity contribution in [3.8, 4) is 0 Å². The first-order valence-corrected chi connectivity index (χ1v) is 9.40. The lowest BCUT2D eigenvalue weighted by Gasteiger charge is -2.27. The number of β-amino-alcohol motifs (C(OH)–C–C–N with tert-alkyl or cyclic N) is 1. The van der Waals surface area contributed by atoms with Gasteiger partial charge in [0.05, 0.1) is 18.7 Å². The van der Waals surface area contributed by atoms with Gasteiger partial charge >= 0.3 is 0 Å². The molecule has 2 saturated heterocycles. The van der Waals surface area contributed by atoms with E-state index in [0.717, 1.165) is 0 Å². The van der Waals surface area contributed by atoms with Crippen LogP contribution in [0.4, 0.5) is 16.2 Å². The third kappa shape index (κ3) is 4.32. The zero-order chi connectivity index (χ0) is 20.4. The van der Waals surface area contributed by atoms with E-state index in [1.54, 1.807) is 17.2 Å². The lowest BCUT2D eigenvalue weighted by atomic mass is 10.1. The summed E-state index contributed by atoms with van der Waals surface area (Å²) in [6.45, 7) is 1.97. The Hall–Kier alpha value is -2.49. The Labute approximate surface area is 163 Å². The largest absolute Gasteiger partial charge is 0.391 e. The van der Waals surface area contributed by atoms with E-state index < -0.39 is 18.3 Å². The van der Waals surface area contributed by atoms with Crippen LogP contribution in [0.25, 0.3) is 0 Å². The second kappa shape index (κ2) is 8.26. The summed E-state index contributed by atoms with van der Waals surface area (Å²) in [6, 6.07) is 0.786. The first-order valence-electron chi connectivity index (χ1n) is 9.40. The molecule has 3 rings (SSSR count). The molecule has 9 nitrogen and oxygen atoms in total. The maximum atomic E-state index is 14.1. The molecular weight excluding hydrogens is 367 g/mol. The number of hydrogen-bond acceptors (Lipinski definition) is 7. The average molecular weight is 394 g/mol. The minimum Gasteiger partial charge on any atom is -0.391 e. The Balaban J connectivity index is 1.66. The minimum atomic E-state index is -1.01. The Morgan fingerprint density at radius 1 is 1.36 bits per heavy atom. The van der Waals surface area contributed by atoms with Crippen LogP contribution in [0.3, 0.4) is 0 Å². The number of aliphatic hydroxyl groups is 1. The van der Waals surface area contributed by atoms with Gasteiger partial charge in [0.25, 0.3) is 0 Å². The van der Waals surface area contributed by atoms with Crippen molar-refractivity contribution in [1.82, 2.24) is 20.2 Å². The summed E-state index contributed by atoms with van der Waals surface area (Å²) in [5.41, 5.74) is 0.